The first-order chi connectivity index (χ1) is 23.1. The van der Waals surface area contributed by atoms with Crippen LogP contribution in [0.4, 0.5) is 4.79 Å². The van der Waals surface area contributed by atoms with Gasteiger partial charge in [-0.05, 0) is 103 Å². The van der Waals surface area contributed by atoms with Crippen molar-refractivity contribution >= 4 is 17.8 Å². The van der Waals surface area contributed by atoms with Crippen molar-refractivity contribution in [3.05, 3.63) is 57.6 Å². The van der Waals surface area contributed by atoms with Crippen molar-refractivity contribution in [3.8, 4) is 11.5 Å². The molecule has 1 aliphatic rings. The lowest BCUT2D eigenvalue weighted by Crippen LogP contribution is -2.65. The summed E-state index contributed by atoms with van der Waals surface area (Å²) < 4.78 is 6.46. The third-order valence-corrected chi connectivity index (χ3v) is 10.8. The van der Waals surface area contributed by atoms with E-state index < -0.39 is 56.3 Å². The second kappa shape index (κ2) is 13.7. The van der Waals surface area contributed by atoms with Gasteiger partial charge in [-0.2, -0.15) is 0 Å². The number of hydrogen-bond donors (Lipinski definition) is 3. The molecule has 3 rings (SSSR count). The Kier molecular flexibility index (Phi) is 11.3. The molecule has 1 heterocycles. The number of nitrogens with zero attached hydrogens (tertiary/aromatic N) is 1. The van der Waals surface area contributed by atoms with Gasteiger partial charge in [-0.25, -0.2) is 4.79 Å². The molecule has 0 radical (unpaired) electrons. The molecule has 0 unspecified atom stereocenters. The van der Waals surface area contributed by atoms with Crippen LogP contribution in [0.25, 0.3) is 0 Å². The molecular weight excluding hydrogens is 652 g/mol. The Morgan fingerprint density at radius 3 is 1.19 bits per heavy atom. The fourth-order valence-electron chi connectivity index (χ4n) is 8.31. The Hall–Kier alpha value is -3.55. The van der Waals surface area contributed by atoms with Gasteiger partial charge < -0.3 is 25.6 Å². The molecule has 0 spiro atoms. The van der Waals surface area contributed by atoms with E-state index in [2.05, 4.69) is 0 Å². The van der Waals surface area contributed by atoms with Crippen LogP contribution in [0, 0.1) is 5.41 Å². The normalized spacial score (nSPS) is 17.2. The van der Waals surface area contributed by atoms with Gasteiger partial charge in [0.05, 0.1) is 0 Å². The van der Waals surface area contributed by atoms with Crippen molar-refractivity contribution in [2.75, 3.05) is 0 Å². The van der Waals surface area contributed by atoms with Crippen molar-refractivity contribution in [2.24, 2.45) is 11.1 Å². The Morgan fingerprint density at radius 2 is 0.962 bits per heavy atom. The molecule has 52 heavy (non-hydrogen) atoms. The summed E-state index contributed by atoms with van der Waals surface area (Å²) in [4.78, 5) is 43.6. The number of esters is 1. The first-order valence-corrected chi connectivity index (χ1v) is 18.7. The lowest BCUT2D eigenvalue weighted by molar-refractivity contribution is -0.171. The summed E-state index contributed by atoms with van der Waals surface area (Å²) in [5, 5.41) is 23.1. The number of rotatable bonds is 7. The average molecular weight is 721 g/mol. The maximum Gasteiger partial charge on any atom is 0.320 e. The van der Waals surface area contributed by atoms with Crippen LogP contribution in [0.1, 0.15) is 164 Å². The van der Waals surface area contributed by atoms with Gasteiger partial charge in [-0.3, -0.25) is 9.59 Å². The molecule has 290 valence electrons. The van der Waals surface area contributed by atoms with Gasteiger partial charge >= 0.3 is 12.0 Å². The summed E-state index contributed by atoms with van der Waals surface area (Å²) >= 11 is 0. The molecule has 2 aromatic carbocycles. The molecule has 2 amide bonds. The van der Waals surface area contributed by atoms with Gasteiger partial charge in [0, 0.05) is 23.9 Å². The third-order valence-electron chi connectivity index (χ3n) is 10.8. The minimum atomic E-state index is -1.66. The van der Waals surface area contributed by atoms with Crippen molar-refractivity contribution in [3.63, 3.8) is 0 Å². The van der Waals surface area contributed by atoms with Crippen LogP contribution in [-0.2, 0) is 48.8 Å². The number of primary amides is 1. The number of phenols is 2. The summed E-state index contributed by atoms with van der Waals surface area (Å²) in [5.74, 6) is -0.535. The molecule has 0 bridgehead atoms. The van der Waals surface area contributed by atoms with Gasteiger partial charge in [0.1, 0.15) is 28.8 Å². The molecule has 8 nitrogen and oxygen atoms in total. The van der Waals surface area contributed by atoms with Crippen LogP contribution in [0.3, 0.4) is 0 Å². The zero-order valence-corrected chi connectivity index (χ0v) is 35.3. The van der Waals surface area contributed by atoms with Crippen LogP contribution < -0.4 is 5.73 Å². The summed E-state index contributed by atoms with van der Waals surface area (Å²) in [7, 11) is 0. The van der Waals surface area contributed by atoms with Crippen molar-refractivity contribution in [2.45, 2.75) is 182 Å². The third kappa shape index (κ3) is 8.80. The largest absolute Gasteiger partial charge is 0.507 e. The van der Waals surface area contributed by atoms with Crippen LogP contribution in [0.15, 0.2) is 24.3 Å². The predicted octanol–water partition coefficient (Wildman–Crippen LogP) is 9.29. The van der Waals surface area contributed by atoms with E-state index in [1.54, 1.807) is 4.90 Å². The fourth-order valence-corrected chi connectivity index (χ4v) is 8.31. The second-order valence-corrected chi connectivity index (χ2v) is 20.8. The number of nitrogens with two attached hydrogens (primary N) is 1. The number of amides is 2. The smallest absolute Gasteiger partial charge is 0.320 e. The molecule has 0 aromatic heterocycles. The van der Waals surface area contributed by atoms with E-state index in [1.807, 2.05) is 135 Å². The topological polar surface area (TPSA) is 130 Å². The number of phenolic OH excluding ortho intramolecular Hbond substituents is 2. The summed E-state index contributed by atoms with van der Waals surface area (Å²) in [6.45, 7) is 33.5. The van der Waals surface area contributed by atoms with Crippen LogP contribution in [0.5, 0.6) is 11.5 Å². The number of ether oxygens (including phenoxy) is 1. The number of carbonyl (C=O) groups excluding carboxylic acids is 3. The first kappa shape index (κ1) is 42.9. The number of benzene rings is 2. The van der Waals surface area contributed by atoms with E-state index in [9.17, 15) is 19.8 Å². The average Bonchev–Trinajstić information content (AvgIpc) is 2.89. The van der Waals surface area contributed by atoms with Gasteiger partial charge in [0.15, 0.2) is 0 Å². The zero-order valence-electron chi connectivity index (χ0n) is 35.3. The van der Waals surface area contributed by atoms with Gasteiger partial charge in [-0.15, -0.1) is 0 Å². The van der Waals surface area contributed by atoms with E-state index in [0.29, 0.717) is 12.8 Å². The van der Waals surface area contributed by atoms with E-state index in [-0.39, 0.29) is 30.1 Å². The molecule has 1 saturated heterocycles. The van der Waals surface area contributed by atoms with Gasteiger partial charge in [-0.1, -0.05) is 107 Å². The Bertz CT molecular complexity index is 1530. The SMILES string of the molecule is CC(=O)C(Cc1cc(C(C)(C)C)c(O)c(C(C)(C)C)c1)(Cc1cc(C(C)(C)C)c(O)c(C(C)(C)C)c1)C(=O)OC1CC(C)(C)N(C(N)=O)C(C)(C)C1. The van der Waals surface area contributed by atoms with Crippen molar-refractivity contribution in [1.82, 2.24) is 4.90 Å². The molecule has 4 N–H and O–H groups in total. The lowest BCUT2D eigenvalue weighted by atomic mass is 9.70. The number of carbonyl (C=O) groups is 3. The van der Waals surface area contributed by atoms with Crippen LogP contribution >= 0.6 is 0 Å². The van der Waals surface area contributed by atoms with E-state index >= 15 is 4.79 Å². The molecule has 1 fully saturated rings. The Balaban J connectivity index is 2.35. The van der Waals surface area contributed by atoms with Crippen LogP contribution in [0.2, 0.25) is 0 Å². The number of Topliss-reactive ketones (excluding diaryl/α,β-unsaturated/α-hetero) is 1. The number of ketones is 1. The molecule has 8 heteroatoms. The highest BCUT2D eigenvalue weighted by atomic mass is 16.5. The molecule has 0 aliphatic carbocycles. The second-order valence-electron chi connectivity index (χ2n) is 20.8. The van der Waals surface area contributed by atoms with Crippen molar-refractivity contribution < 1.29 is 29.3 Å². The zero-order chi connectivity index (χ0) is 40.4. The maximum absolute atomic E-state index is 15.0. The van der Waals surface area contributed by atoms with E-state index in [1.165, 1.54) is 6.92 Å². The minimum absolute atomic E-state index is 0.0388. The van der Waals surface area contributed by atoms with E-state index in [0.717, 1.165) is 33.4 Å². The molecule has 0 atom stereocenters. The number of piperidine rings is 1. The lowest BCUT2D eigenvalue weighted by Gasteiger charge is -2.54. The highest BCUT2D eigenvalue weighted by Gasteiger charge is 2.52. The molecule has 0 saturated carbocycles. The quantitative estimate of drug-likeness (QED) is 0.193. The summed E-state index contributed by atoms with van der Waals surface area (Å²) in [5.41, 5.74) is 5.49. The Labute approximate surface area is 313 Å². The summed E-state index contributed by atoms with van der Waals surface area (Å²) in [6.07, 6.45) is 0.190. The first-order valence-electron chi connectivity index (χ1n) is 18.7. The number of aromatic hydroxyl groups is 2. The molecule has 2 aromatic rings. The molecular formula is C44H68N2O6. The highest BCUT2D eigenvalue weighted by molar-refractivity contribution is 6.03. The fraction of sp³-hybridized carbons (Fsp3) is 0.659. The number of likely N-dealkylation sites (tertiary alicyclic amines) is 1. The predicted molar refractivity (Wildman–Crippen MR) is 210 cm³/mol. The summed E-state index contributed by atoms with van der Waals surface area (Å²) in [6, 6.07) is 7.15. The highest BCUT2D eigenvalue weighted by Crippen LogP contribution is 2.46. The monoisotopic (exact) mass is 721 g/mol. The van der Waals surface area contributed by atoms with Crippen LogP contribution in [-0.4, -0.2) is 50.1 Å². The Morgan fingerprint density at radius 1 is 0.673 bits per heavy atom. The van der Waals surface area contributed by atoms with E-state index in [4.69, 9.17) is 10.5 Å². The van der Waals surface area contributed by atoms with Gasteiger partial charge in [0.2, 0.25) is 0 Å². The number of urea groups is 1. The minimum Gasteiger partial charge on any atom is -0.507 e. The number of hydrogen-bond acceptors (Lipinski definition) is 6. The van der Waals surface area contributed by atoms with Crippen molar-refractivity contribution in [1.29, 1.82) is 0 Å². The van der Waals surface area contributed by atoms with Gasteiger partial charge in [0.25, 0.3) is 0 Å². The maximum atomic E-state index is 15.0. The standard InChI is InChI=1S/C44H68N2O6/c1-26(47)44(22-27-18-30(38(2,3)4)34(48)31(19-27)39(5,6)7,23-28-20-32(40(8,9)10)35(49)33(21-28)41(11,12)13)36(50)52-29-24-42(14,15)46(37(45)51)43(16,17)25-29/h18-21,29,48-49H,22-25H2,1-17H3,(H2,45,51). The molecule has 1 aliphatic heterocycles.